The highest BCUT2D eigenvalue weighted by Crippen LogP contribution is 2.28. The first-order valence-corrected chi connectivity index (χ1v) is 6.50. The number of ether oxygens (including phenoxy) is 2. The molecule has 0 spiro atoms. The van der Waals surface area contributed by atoms with Gasteiger partial charge < -0.3 is 20.5 Å². The molecule has 0 aliphatic carbocycles. The van der Waals surface area contributed by atoms with Crippen molar-refractivity contribution >= 4 is 35.6 Å². The minimum atomic E-state index is 0. The van der Waals surface area contributed by atoms with E-state index in [-0.39, 0.29) is 24.0 Å². The van der Waals surface area contributed by atoms with Crippen molar-refractivity contribution < 1.29 is 9.47 Å². The molecule has 0 fully saturated rings. The number of aliphatic imine (C=N–C) groups is 1. The van der Waals surface area contributed by atoms with E-state index in [2.05, 4.69) is 17.2 Å². The van der Waals surface area contributed by atoms with Gasteiger partial charge in [0, 0.05) is 12.6 Å². The van der Waals surface area contributed by atoms with Crippen molar-refractivity contribution in [2.24, 2.45) is 10.7 Å². The molecule has 0 aromatic heterocycles. The average Bonchev–Trinajstić information content (AvgIpc) is 2.43. The maximum absolute atomic E-state index is 5.85. The van der Waals surface area contributed by atoms with Gasteiger partial charge in [-0.3, -0.25) is 4.99 Å². The summed E-state index contributed by atoms with van der Waals surface area (Å²) in [6.45, 7) is 2.89. The number of benzene rings is 1. The van der Waals surface area contributed by atoms with E-state index in [1.54, 1.807) is 14.2 Å². The number of hydrogen-bond acceptors (Lipinski definition) is 3. The zero-order valence-electron chi connectivity index (χ0n) is 12.3. The Balaban J connectivity index is 0.00000361. The lowest BCUT2D eigenvalue weighted by Crippen LogP contribution is -2.23. The number of unbranched alkanes of at least 4 members (excludes halogenated alkanes) is 2. The number of halogens is 1. The van der Waals surface area contributed by atoms with Crippen LogP contribution in [0.4, 0.5) is 5.69 Å². The van der Waals surface area contributed by atoms with E-state index < -0.39 is 0 Å². The van der Waals surface area contributed by atoms with Crippen LogP contribution in [0, 0.1) is 0 Å². The van der Waals surface area contributed by atoms with Crippen molar-refractivity contribution in [2.75, 3.05) is 26.1 Å². The van der Waals surface area contributed by atoms with Crippen LogP contribution in [0.25, 0.3) is 0 Å². The smallest absolute Gasteiger partial charge is 0.193 e. The van der Waals surface area contributed by atoms with Gasteiger partial charge in [0.05, 0.1) is 19.9 Å². The predicted octanol–water partition coefficient (Wildman–Crippen LogP) is 3.24. The third-order valence-corrected chi connectivity index (χ3v) is 2.71. The molecule has 6 heteroatoms. The van der Waals surface area contributed by atoms with Crippen LogP contribution < -0.4 is 20.5 Å². The Morgan fingerprint density at radius 2 is 2.00 bits per heavy atom. The second-order valence-electron chi connectivity index (χ2n) is 4.17. The van der Waals surface area contributed by atoms with Crippen LogP contribution in [0.3, 0.4) is 0 Å². The zero-order valence-corrected chi connectivity index (χ0v) is 14.6. The highest BCUT2D eigenvalue weighted by molar-refractivity contribution is 14.0. The summed E-state index contributed by atoms with van der Waals surface area (Å²) in [5.41, 5.74) is 6.59. The van der Waals surface area contributed by atoms with E-state index in [4.69, 9.17) is 15.2 Å². The van der Waals surface area contributed by atoms with Crippen LogP contribution >= 0.6 is 24.0 Å². The van der Waals surface area contributed by atoms with Crippen molar-refractivity contribution in [1.82, 2.24) is 0 Å². The Morgan fingerprint density at radius 1 is 1.25 bits per heavy atom. The molecule has 0 amide bonds. The second kappa shape index (κ2) is 10.6. The maximum Gasteiger partial charge on any atom is 0.193 e. The molecule has 0 saturated heterocycles. The van der Waals surface area contributed by atoms with Crippen molar-refractivity contribution in [2.45, 2.75) is 26.2 Å². The fourth-order valence-corrected chi connectivity index (χ4v) is 1.65. The van der Waals surface area contributed by atoms with Gasteiger partial charge in [-0.15, -0.1) is 24.0 Å². The average molecular weight is 393 g/mol. The summed E-state index contributed by atoms with van der Waals surface area (Å²) in [6, 6.07) is 5.48. The SMILES string of the molecule is CCCCCN=C(N)Nc1cc(OC)ccc1OC.I. The lowest BCUT2D eigenvalue weighted by molar-refractivity contribution is 0.405. The number of nitrogens with one attached hydrogen (secondary N) is 1. The van der Waals surface area contributed by atoms with Gasteiger partial charge in [-0.25, -0.2) is 0 Å². The number of hydrogen-bond donors (Lipinski definition) is 2. The molecule has 0 radical (unpaired) electrons. The monoisotopic (exact) mass is 393 g/mol. The summed E-state index contributed by atoms with van der Waals surface area (Å²) in [7, 11) is 3.23. The van der Waals surface area contributed by atoms with E-state index in [1.807, 2.05) is 18.2 Å². The summed E-state index contributed by atoms with van der Waals surface area (Å²) in [5, 5.41) is 3.04. The van der Waals surface area contributed by atoms with Gasteiger partial charge >= 0.3 is 0 Å². The third-order valence-electron chi connectivity index (χ3n) is 2.71. The Kier molecular flexibility index (Phi) is 9.96. The molecule has 5 nitrogen and oxygen atoms in total. The van der Waals surface area contributed by atoms with Crippen LogP contribution in [-0.2, 0) is 0 Å². The molecule has 114 valence electrons. The van der Waals surface area contributed by atoms with Crippen LogP contribution in [0.5, 0.6) is 11.5 Å². The van der Waals surface area contributed by atoms with Gasteiger partial charge in [0.1, 0.15) is 11.5 Å². The van der Waals surface area contributed by atoms with Crippen molar-refractivity contribution in [1.29, 1.82) is 0 Å². The highest BCUT2D eigenvalue weighted by Gasteiger charge is 2.05. The molecular formula is C14H24IN3O2. The molecule has 0 saturated carbocycles. The molecule has 1 rings (SSSR count). The van der Waals surface area contributed by atoms with E-state index in [1.165, 1.54) is 12.8 Å². The number of methoxy groups -OCH3 is 2. The fraction of sp³-hybridized carbons (Fsp3) is 0.500. The zero-order chi connectivity index (χ0) is 14.1. The Bertz CT molecular complexity index is 425. The Morgan fingerprint density at radius 3 is 2.60 bits per heavy atom. The summed E-state index contributed by atoms with van der Waals surface area (Å²) >= 11 is 0. The number of guanidine groups is 1. The largest absolute Gasteiger partial charge is 0.497 e. The van der Waals surface area contributed by atoms with Crippen LogP contribution in [-0.4, -0.2) is 26.7 Å². The molecule has 20 heavy (non-hydrogen) atoms. The van der Waals surface area contributed by atoms with Gasteiger partial charge in [0.15, 0.2) is 5.96 Å². The Hall–Kier alpha value is -1.18. The van der Waals surface area contributed by atoms with Gasteiger partial charge in [-0.1, -0.05) is 19.8 Å². The number of rotatable bonds is 7. The predicted molar refractivity (Wildman–Crippen MR) is 94.6 cm³/mol. The normalized spacial score (nSPS) is 10.7. The van der Waals surface area contributed by atoms with Gasteiger partial charge in [0.2, 0.25) is 0 Å². The molecule has 0 heterocycles. The first-order valence-electron chi connectivity index (χ1n) is 6.50. The van der Waals surface area contributed by atoms with E-state index in [0.29, 0.717) is 11.7 Å². The molecule has 0 aliphatic heterocycles. The van der Waals surface area contributed by atoms with E-state index in [9.17, 15) is 0 Å². The Labute approximate surface area is 138 Å². The van der Waals surface area contributed by atoms with Gasteiger partial charge in [-0.05, 0) is 18.6 Å². The topological polar surface area (TPSA) is 68.9 Å². The molecule has 0 atom stereocenters. The van der Waals surface area contributed by atoms with Crippen molar-refractivity contribution in [3.63, 3.8) is 0 Å². The summed E-state index contributed by atoms with van der Waals surface area (Å²) < 4.78 is 10.4. The molecular weight excluding hydrogens is 369 g/mol. The van der Waals surface area contributed by atoms with E-state index >= 15 is 0 Å². The molecule has 0 unspecified atom stereocenters. The standard InChI is InChI=1S/C14H23N3O2.HI/c1-4-5-6-9-16-14(15)17-12-10-11(18-2)7-8-13(12)19-3;/h7-8,10H,4-6,9H2,1-3H3,(H3,15,16,17);1H. The maximum atomic E-state index is 5.85. The quantitative estimate of drug-likeness (QED) is 0.323. The lowest BCUT2D eigenvalue weighted by Gasteiger charge is -2.12. The summed E-state index contributed by atoms with van der Waals surface area (Å²) in [6.07, 6.45) is 3.39. The molecule has 1 aromatic rings. The second-order valence-corrected chi connectivity index (χ2v) is 4.17. The molecule has 1 aromatic carbocycles. The minimum absolute atomic E-state index is 0. The van der Waals surface area contributed by atoms with Gasteiger partial charge in [-0.2, -0.15) is 0 Å². The van der Waals surface area contributed by atoms with Crippen LogP contribution in [0.15, 0.2) is 23.2 Å². The van der Waals surface area contributed by atoms with Crippen LogP contribution in [0.2, 0.25) is 0 Å². The molecule has 3 N–H and O–H groups in total. The minimum Gasteiger partial charge on any atom is -0.497 e. The summed E-state index contributed by atoms with van der Waals surface area (Å²) in [5.74, 6) is 1.83. The van der Waals surface area contributed by atoms with Crippen molar-refractivity contribution in [3.8, 4) is 11.5 Å². The summed E-state index contributed by atoms with van der Waals surface area (Å²) in [4.78, 5) is 4.27. The molecule has 0 bridgehead atoms. The highest BCUT2D eigenvalue weighted by atomic mass is 127. The third kappa shape index (κ3) is 6.31. The van der Waals surface area contributed by atoms with Gasteiger partial charge in [0.25, 0.3) is 0 Å². The van der Waals surface area contributed by atoms with Crippen molar-refractivity contribution in [3.05, 3.63) is 18.2 Å². The van der Waals surface area contributed by atoms with E-state index in [0.717, 1.165) is 24.4 Å². The number of nitrogens with two attached hydrogens (primary N) is 1. The molecule has 0 aliphatic rings. The first-order chi connectivity index (χ1) is 9.21. The fourth-order valence-electron chi connectivity index (χ4n) is 1.65. The lowest BCUT2D eigenvalue weighted by atomic mass is 10.2. The van der Waals surface area contributed by atoms with Crippen LogP contribution in [0.1, 0.15) is 26.2 Å². The number of nitrogens with zero attached hydrogens (tertiary/aromatic N) is 1. The first kappa shape index (κ1) is 18.8. The number of anilines is 1.